The topological polar surface area (TPSA) is 20.3 Å². The van der Waals surface area contributed by atoms with Gasteiger partial charge < -0.3 is 0 Å². The molecule has 3 heteroatoms. The van der Waals surface area contributed by atoms with E-state index in [1.165, 1.54) is 32.1 Å². The van der Waals surface area contributed by atoms with Gasteiger partial charge in [0.05, 0.1) is 6.54 Å². The van der Waals surface area contributed by atoms with Gasteiger partial charge in [0.1, 0.15) is 0 Å². The number of hydrogen-bond acceptors (Lipinski definition) is 2. The normalized spacial score (nSPS) is 16.8. The van der Waals surface area contributed by atoms with Crippen LogP contribution in [0.3, 0.4) is 0 Å². The van der Waals surface area contributed by atoms with Crippen molar-refractivity contribution >= 4 is 21.7 Å². The highest BCUT2D eigenvalue weighted by atomic mass is 79.9. The van der Waals surface area contributed by atoms with Crippen molar-refractivity contribution in [3.8, 4) is 0 Å². The Morgan fingerprint density at radius 1 is 1.21 bits per heavy atom. The van der Waals surface area contributed by atoms with Crippen molar-refractivity contribution in [3.05, 3.63) is 34.3 Å². The second-order valence-electron chi connectivity index (χ2n) is 5.63. The van der Waals surface area contributed by atoms with Crippen LogP contribution in [0.2, 0.25) is 0 Å². The number of benzene rings is 1. The molecule has 1 aromatic rings. The molecule has 0 radical (unpaired) electrons. The molecule has 1 fully saturated rings. The Bertz CT molecular complexity index is 409. The highest BCUT2D eigenvalue weighted by Gasteiger charge is 2.17. The Balaban J connectivity index is 1.82. The lowest BCUT2D eigenvalue weighted by Crippen LogP contribution is -2.31. The lowest BCUT2D eigenvalue weighted by molar-refractivity contribution is 0.0932. The summed E-state index contributed by atoms with van der Waals surface area (Å²) < 4.78 is 1.01. The summed E-state index contributed by atoms with van der Waals surface area (Å²) in [5.41, 5.74) is 0.804. The number of carbonyl (C=O) groups excluding carboxylic acids is 1. The van der Waals surface area contributed by atoms with Crippen LogP contribution in [0.25, 0.3) is 0 Å². The second-order valence-corrected chi connectivity index (χ2v) is 6.55. The van der Waals surface area contributed by atoms with Crippen LogP contribution in [0.5, 0.6) is 0 Å². The summed E-state index contributed by atoms with van der Waals surface area (Å²) in [6.45, 7) is 1.58. The first-order chi connectivity index (χ1) is 9.15. The number of rotatable bonds is 5. The fraction of sp³-hybridized carbons (Fsp3) is 0.562. The molecule has 0 aromatic heterocycles. The molecule has 0 amide bonds. The van der Waals surface area contributed by atoms with E-state index < -0.39 is 0 Å². The summed E-state index contributed by atoms with van der Waals surface area (Å²) in [5.74, 6) is 1.00. The maximum Gasteiger partial charge on any atom is 0.176 e. The van der Waals surface area contributed by atoms with Crippen molar-refractivity contribution in [2.75, 3.05) is 20.1 Å². The molecule has 0 N–H and O–H groups in total. The molecular formula is C16H22BrNO. The number of halogens is 1. The van der Waals surface area contributed by atoms with E-state index in [4.69, 9.17) is 0 Å². The number of carbonyl (C=O) groups is 1. The van der Waals surface area contributed by atoms with Crippen molar-refractivity contribution in [2.45, 2.75) is 32.1 Å². The summed E-state index contributed by atoms with van der Waals surface area (Å²) in [4.78, 5) is 14.3. The zero-order chi connectivity index (χ0) is 13.7. The van der Waals surface area contributed by atoms with Crippen LogP contribution in [-0.4, -0.2) is 30.8 Å². The van der Waals surface area contributed by atoms with Gasteiger partial charge in [0, 0.05) is 16.6 Å². The number of nitrogens with zero attached hydrogens (tertiary/aromatic N) is 1. The van der Waals surface area contributed by atoms with Crippen LogP contribution in [-0.2, 0) is 0 Å². The van der Waals surface area contributed by atoms with E-state index in [0.29, 0.717) is 6.54 Å². The van der Waals surface area contributed by atoms with E-state index in [0.717, 1.165) is 22.5 Å². The van der Waals surface area contributed by atoms with Gasteiger partial charge in [-0.2, -0.15) is 0 Å². The molecule has 2 nitrogen and oxygen atoms in total. The maximum atomic E-state index is 12.2. The molecular weight excluding hydrogens is 302 g/mol. The largest absolute Gasteiger partial charge is 0.299 e. The first-order valence-electron chi connectivity index (χ1n) is 7.12. The van der Waals surface area contributed by atoms with E-state index in [1.54, 1.807) is 0 Å². The first-order valence-corrected chi connectivity index (χ1v) is 7.92. The molecule has 1 aliphatic carbocycles. The monoisotopic (exact) mass is 323 g/mol. The fourth-order valence-corrected chi connectivity index (χ4v) is 3.11. The van der Waals surface area contributed by atoms with E-state index in [2.05, 4.69) is 27.9 Å². The van der Waals surface area contributed by atoms with Gasteiger partial charge in [0.15, 0.2) is 5.78 Å². The van der Waals surface area contributed by atoms with E-state index in [1.807, 2.05) is 24.3 Å². The van der Waals surface area contributed by atoms with Crippen LogP contribution in [0.1, 0.15) is 42.5 Å². The van der Waals surface area contributed by atoms with Gasteiger partial charge in [-0.1, -0.05) is 47.3 Å². The quantitative estimate of drug-likeness (QED) is 0.759. The Labute approximate surface area is 124 Å². The van der Waals surface area contributed by atoms with E-state index in [-0.39, 0.29) is 5.78 Å². The molecule has 1 saturated carbocycles. The van der Waals surface area contributed by atoms with Crippen LogP contribution >= 0.6 is 15.9 Å². The van der Waals surface area contributed by atoms with Gasteiger partial charge >= 0.3 is 0 Å². The maximum absolute atomic E-state index is 12.2. The molecule has 2 rings (SSSR count). The van der Waals surface area contributed by atoms with Gasteiger partial charge in [-0.3, -0.25) is 9.69 Å². The second kappa shape index (κ2) is 7.20. The lowest BCUT2D eigenvalue weighted by Gasteiger charge is -2.26. The SMILES string of the molecule is CN(CC(=O)c1ccc(Br)cc1)CC1CCCCC1. The molecule has 0 heterocycles. The minimum absolute atomic E-state index is 0.214. The Kier molecular flexibility index (Phi) is 5.59. The van der Waals surface area contributed by atoms with Crippen LogP contribution < -0.4 is 0 Å². The average Bonchev–Trinajstić information content (AvgIpc) is 2.40. The Hall–Kier alpha value is -0.670. The molecule has 0 bridgehead atoms. The Morgan fingerprint density at radius 2 is 1.84 bits per heavy atom. The van der Waals surface area contributed by atoms with Crippen LogP contribution in [0, 0.1) is 5.92 Å². The minimum Gasteiger partial charge on any atom is -0.299 e. The lowest BCUT2D eigenvalue weighted by atomic mass is 9.89. The number of likely N-dealkylation sites (N-methyl/N-ethyl adjacent to an activating group) is 1. The van der Waals surface area contributed by atoms with E-state index >= 15 is 0 Å². The average molecular weight is 324 g/mol. The Morgan fingerprint density at radius 3 is 2.47 bits per heavy atom. The van der Waals surface area contributed by atoms with Gasteiger partial charge in [-0.05, 0) is 37.9 Å². The predicted octanol–water partition coefficient (Wildman–Crippen LogP) is 4.14. The molecule has 0 spiro atoms. The molecule has 19 heavy (non-hydrogen) atoms. The summed E-state index contributed by atoms with van der Waals surface area (Å²) in [6.07, 6.45) is 6.77. The fourth-order valence-electron chi connectivity index (χ4n) is 2.85. The van der Waals surface area contributed by atoms with Crippen molar-refractivity contribution in [1.82, 2.24) is 4.90 Å². The zero-order valence-electron chi connectivity index (χ0n) is 11.6. The summed E-state index contributed by atoms with van der Waals surface area (Å²) in [6, 6.07) is 7.63. The molecule has 0 unspecified atom stereocenters. The van der Waals surface area contributed by atoms with Crippen molar-refractivity contribution in [1.29, 1.82) is 0 Å². The van der Waals surface area contributed by atoms with Gasteiger partial charge in [0.2, 0.25) is 0 Å². The van der Waals surface area contributed by atoms with Crippen molar-refractivity contribution in [2.24, 2.45) is 5.92 Å². The highest BCUT2D eigenvalue weighted by molar-refractivity contribution is 9.10. The zero-order valence-corrected chi connectivity index (χ0v) is 13.2. The van der Waals surface area contributed by atoms with Crippen LogP contribution in [0.4, 0.5) is 0 Å². The number of ketones is 1. The molecule has 1 aliphatic rings. The standard InChI is InChI=1S/C16H22BrNO/c1-18(11-13-5-3-2-4-6-13)12-16(19)14-7-9-15(17)10-8-14/h7-10,13H,2-6,11-12H2,1H3. The minimum atomic E-state index is 0.214. The highest BCUT2D eigenvalue weighted by Crippen LogP contribution is 2.24. The van der Waals surface area contributed by atoms with Gasteiger partial charge in [-0.25, -0.2) is 0 Å². The van der Waals surface area contributed by atoms with Gasteiger partial charge in [0.25, 0.3) is 0 Å². The van der Waals surface area contributed by atoms with Crippen molar-refractivity contribution < 1.29 is 4.79 Å². The van der Waals surface area contributed by atoms with Crippen molar-refractivity contribution in [3.63, 3.8) is 0 Å². The number of Topliss-reactive ketones (excluding diaryl/α,β-unsaturated/α-hetero) is 1. The molecule has 1 aromatic carbocycles. The smallest absolute Gasteiger partial charge is 0.176 e. The first kappa shape index (κ1) is 14.7. The molecule has 0 aliphatic heterocycles. The predicted molar refractivity (Wildman–Crippen MR) is 82.5 cm³/mol. The third-order valence-corrected chi connectivity index (χ3v) is 4.40. The molecule has 0 atom stereocenters. The third-order valence-electron chi connectivity index (χ3n) is 3.87. The van der Waals surface area contributed by atoms with Gasteiger partial charge in [-0.15, -0.1) is 0 Å². The summed E-state index contributed by atoms with van der Waals surface area (Å²) in [7, 11) is 2.06. The summed E-state index contributed by atoms with van der Waals surface area (Å²) in [5, 5.41) is 0. The third kappa shape index (κ3) is 4.73. The van der Waals surface area contributed by atoms with Crippen LogP contribution in [0.15, 0.2) is 28.7 Å². The van der Waals surface area contributed by atoms with E-state index in [9.17, 15) is 4.79 Å². The number of hydrogen-bond donors (Lipinski definition) is 0. The molecule has 0 saturated heterocycles. The summed E-state index contributed by atoms with van der Waals surface area (Å²) >= 11 is 3.39. The molecule has 104 valence electrons.